The van der Waals surface area contributed by atoms with Crippen molar-refractivity contribution in [3.63, 3.8) is 0 Å². The largest absolute Gasteiger partial charge is 0.495 e. The molecule has 0 saturated carbocycles. The number of rotatable bonds is 5. The smallest absolute Gasteiger partial charge is 0.258 e. The van der Waals surface area contributed by atoms with Crippen LogP contribution in [-0.4, -0.2) is 26.0 Å². The molecule has 5 heteroatoms. The standard InChI is InChI=1S/C23H22N2O3/c1-16-12-13-21(28-3)20(14-16)24-22(26)17-8-7-9-18(15-17)23(27)25(2)19-10-5-4-6-11-19/h4-15H,1-3H3,(H,24,26). The molecule has 0 spiro atoms. The molecule has 0 fully saturated rings. The molecule has 0 saturated heterocycles. The molecule has 3 rings (SSSR count). The lowest BCUT2D eigenvalue weighted by atomic mass is 10.1. The van der Waals surface area contributed by atoms with Crippen LogP contribution in [0.2, 0.25) is 0 Å². The molecular formula is C23H22N2O3. The number of hydrogen-bond donors (Lipinski definition) is 1. The number of anilines is 2. The first-order valence-corrected chi connectivity index (χ1v) is 8.89. The quantitative estimate of drug-likeness (QED) is 0.714. The Labute approximate surface area is 164 Å². The fourth-order valence-electron chi connectivity index (χ4n) is 2.87. The van der Waals surface area contributed by atoms with Gasteiger partial charge in [0.1, 0.15) is 5.75 Å². The van der Waals surface area contributed by atoms with Gasteiger partial charge in [-0.1, -0.05) is 30.3 Å². The van der Waals surface area contributed by atoms with Gasteiger partial charge in [0.25, 0.3) is 11.8 Å². The van der Waals surface area contributed by atoms with E-state index in [1.807, 2.05) is 49.4 Å². The van der Waals surface area contributed by atoms with Gasteiger partial charge >= 0.3 is 0 Å². The van der Waals surface area contributed by atoms with Gasteiger partial charge in [-0.15, -0.1) is 0 Å². The lowest BCUT2D eigenvalue weighted by Crippen LogP contribution is -2.26. The fraction of sp³-hybridized carbons (Fsp3) is 0.130. The van der Waals surface area contributed by atoms with Gasteiger partial charge in [0.15, 0.2) is 0 Å². The van der Waals surface area contributed by atoms with Crippen molar-refractivity contribution < 1.29 is 14.3 Å². The van der Waals surface area contributed by atoms with Crippen molar-refractivity contribution in [3.05, 3.63) is 89.5 Å². The van der Waals surface area contributed by atoms with Crippen LogP contribution in [0.3, 0.4) is 0 Å². The van der Waals surface area contributed by atoms with Crippen LogP contribution in [0.25, 0.3) is 0 Å². The van der Waals surface area contributed by atoms with E-state index in [2.05, 4.69) is 5.32 Å². The highest BCUT2D eigenvalue weighted by atomic mass is 16.5. The molecule has 5 nitrogen and oxygen atoms in total. The first-order chi connectivity index (χ1) is 13.5. The molecule has 28 heavy (non-hydrogen) atoms. The predicted octanol–water partition coefficient (Wildman–Crippen LogP) is 4.53. The second-order valence-electron chi connectivity index (χ2n) is 6.44. The molecule has 0 aliphatic rings. The average Bonchev–Trinajstić information content (AvgIpc) is 2.73. The monoisotopic (exact) mass is 374 g/mol. The van der Waals surface area contributed by atoms with E-state index in [0.29, 0.717) is 22.6 Å². The molecule has 0 aliphatic heterocycles. The van der Waals surface area contributed by atoms with Crippen molar-refractivity contribution in [1.82, 2.24) is 0 Å². The summed E-state index contributed by atoms with van der Waals surface area (Å²) in [4.78, 5) is 27.1. The van der Waals surface area contributed by atoms with E-state index >= 15 is 0 Å². The first kappa shape index (κ1) is 19.2. The second kappa shape index (κ2) is 8.39. The third-order valence-corrected chi connectivity index (χ3v) is 4.42. The Bertz CT molecular complexity index is 1000. The van der Waals surface area contributed by atoms with Crippen LogP contribution in [0.1, 0.15) is 26.3 Å². The number of methoxy groups -OCH3 is 1. The van der Waals surface area contributed by atoms with Gasteiger partial charge in [-0.2, -0.15) is 0 Å². The summed E-state index contributed by atoms with van der Waals surface area (Å²) in [6, 6.07) is 21.6. The van der Waals surface area contributed by atoms with Crippen molar-refractivity contribution in [1.29, 1.82) is 0 Å². The van der Waals surface area contributed by atoms with Gasteiger partial charge in [0, 0.05) is 23.9 Å². The fourth-order valence-corrected chi connectivity index (χ4v) is 2.87. The summed E-state index contributed by atoms with van der Waals surface area (Å²) < 4.78 is 5.30. The van der Waals surface area contributed by atoms with Crippen LogP contribution < -0.4 is 15.0 Å². The van der Waals surface area contributed by atoms with E-state index in [9.17, 15) is 9.59 Å². The number of nitrogens with one attached hydrogen (secondary N) is 1. The van der Waals surface area contributed by atoms with E-state index in [4.69, 9.17) is 4.74 Å². The van der Waals surface area contributed by atoms with Crippen LogP contribution in [0.4, 0.5) is 11.4 Å². The third kappa shape index (κ3) is 4.20. The lowest BCUT2D eigenvalue weighted by Gasteiger charge is -2.17. The maximum absolute atomic E-state index is 12.8. The number of nitrogens with zero attached hydrogens (tertiary/aromatic N) is 1. The molecule has 0 heterocycles. The number of ether oxygens (including phenoxy) is 1. The molecule has 2 amide bonds. The van der Waals surface area contributed by atoms with Crippen LogP contribution >= 0.6 is 0 Å². The topological polar surface area (TPSA) is 58.6 Å². The Kier molecular flexibility index (Phi) is 5.75. The van der Waals surface area contributed by atoms with Crippen LogP contribution in [0.5, 0.6) is 5.75 Å². The SMILES string of the molecule is COc1ccc(C)cc1NC(=O)c1cccc(C(=O)N(C)c2ccccc2)c1. The van der Waals surface area contributed by atoms with Gasteiger partial charge in [-0.3, -0.25) is 9.59 Å². The number of aryl methyl sites for hydroxylation is 1. The van der Waals surface area contributed by atoms with Crippen molar-refractivity contribution in [3.8, 4) is 5.75 Å². The number of carbonyl (C=O) groups excluding carboxylic acids is 2. The van der Waals surface area contributed by atoms with Crippen LogP contribution in [0, 0.1) is 6.92 Å². The van der Waals surface area contributed by atoms with E-state index in [-0.39, 0.29) is 11.8 Å². The lowest BCUT2D eigenvalue weighted by molar-refractivity contribution is 0.0993. The zero-order chi connectivity index (χ0) is 20.1. The summed E-state index contributed by atoms with van der Waals surface area (Å²) in [6.07, 6.45) is 0. The van der Waals surface area contributed by atoms with Gasteiger partial charge < -0.3 is 15.0 Å². The van der Waals surface area contributed by atoms with E-state index in [1.165, 1.54) is 0 Å². The molecule has 142 valence electrons. The molecule has 3 aromatic rings. The molecule has 0 atom stereocenters. The number of hydrogen-bond acceptors (Lipinski definition) is 3. The molecule has 0 radical (unpaired) electrons. The highest BCUT2D eigenvalue weighted by Crippen LogP contribution is 2.26. The summed E-state index contributed by atoms with van der Waals surface area (Å²) in [7, 11) is 3.26. The number of para-hydroxylation sites is 1. The normalized spacial score (nSPS) is 10.2. The molecule has 1 N–H and O–H groups in total. The zero-order valence-corrected chi connectivity index (χ0v) is 16.1. The highest BCUT2D eigenvalue weighted by Gasteiger charge is 2.16. The highest BCUT2D eigenvalue weighted by molar-refractivity contribution is 6.09. The van der Waals surface area contributed by atoms with Crippen molar-refractivity contribution >= 4 is 23.2 Å². The van der Waals surface area contributed by atoms with Gasteiger partial charge in [-0.05, 0) is 55.0 Å². The minimum Gasteiger partial charge on any atom is -0.495 e. The molecular weight excluding hydrogens is 352 g/mol. The van der Waals surface area contributed by atoms with Gasteiger partial charge in [0.05, 0.1) is 12.8 Å². The second-order valence-corrected chi connectivity index (χ2v) is 6.44. The zero-order valence-electron chi connectivity index (χ0n) is 16.1. The van der Waals surface area contributed by atoms with Crippen LogP contribution in [0.15, 0.2) is 72.8 Å². The summed E-state index contributed by atoms with van der Waals surface area (Å²) in [5, 5.41) is 2.86. The van der Waals surface area contributed by atoms with E-state index in [1.54, 1.807) is 49.4 Å². The first-order valence-electron chi connectivity index (χ1n) is 8.89. The minimum atomic E-state index is -0.305. The molecule has 0 bridgehead atoms. The summed E-state index contributed by atoms with van der Waals surface area (Å²) in [5.41, 5.74) is 3.22. The summed E-state index contributed by atoms with van der Waals surface area (Å²) in [5.74, 6) is 0.0879. The van der Waals surface area contributed by atoms with E-state index in [0.717, 1.165) is 11.3 Å². The van der Waals surface area contributed by atoms with Gasteiger partial charge in [-0.25, -0.2) is 0 Å². The Balaban J connectivity index is 1.82. The Morgan fingerprint density at radius 1 is 0.893 bits per heavy atom. The van der Waals surface area contributed by atoms with Crippen molar-refractivity contribution in [2.45, 2.75) is 6.92 Å². The molecule has 0 aliphatic carbocycles. The third-order valence-electron chi connectivity index (χ3n) is 4.42. The Morgan fingerprint density at radius 3 is 2.32 bits per heavy atom. The van der Waals surface area contributed by atoms with Crippen molar-refractivity contribution in [2.24, 2.45) is 0 Å². The van der Waals surface area contributed by atoms with Crippen molar-refractivity contribution in [2.75, 3.05) is 24.4 Å². The molecule has 3 aromatic carbocycles. The predicted molar refractivity (Wildman–Crippen MR) is 111 cm³/mol. The number of benzene rings is 3. The number of amides is 2. The minimum absolute atomic E-state index is 0.186. The van der Waals surface area contributed by atoms with Gasteiger partial charge in [0.2, 0.25) is 0 Å². The maximum atomic E-state index is 12.8. The Morgan fingerprint density at radius 2 is 1.61 bits per heavy atom. The van der Waals surface area contributed by atoms with E-state index < -0.39 is 0 Å². The van der Waals surface area contributed by atoms with Crippen LogP contribution in [-0.2, 0) is 0 Å². The summed E-state index contributed by atoms with van der Waals surface area (Å²) in [6.45, 7) is 1.94. The summed E-state index contributed by atoms with van der Waals surface area (Å²) >= 11 is 0. The number of carbonyl (C=O) groups is 2. The molecule has 0 unspecified atom stereocenters. The average molecular weight is 374 g/mol. The molecule has 0 aromatic heterocycles. The Hall–Kier alpha value is -3.60. The maximum Gasteiger partial charge on any atom is 0.258 e.